The third-order valence-corrected chi connectivity index (χ3v) is 4.27. The fourth-order valence-corrected chi connectivity index (χ4v) is 2.77. The van der Waals surface area contributed by atoms with E-state index >= 15 is 0 Å². The molecule has 6 nitrogen and oxygen atoms in total. The van der Waals surface area contributed by atoms with Gasteiger partial charge in [0.05, 0.1) is 0 Å². The van der Waals surface area contributed by atoms with Crippen LogP contribution in [0.4, 0.5) is 0 Å². The van der Waals surface area contributed by atoms with Gasteiger partial charge in [-0.1, -0.05) is 5.16 Å². The molecule has 0 unspecified atom stereocenters. The SMILES string of the molecule is N[C@H]1CCN(C(=O)c2ccc(-c3nc(C4CC4)no3)cc2)C1. The minimum absolute atomic E-state index is 0.0312. The van der Waals surface area contributed by atoms with E-state index in [2.05, 4.69) is 10.1 Å². The van der Waals surface area contributed by atoms with Gasteiger partial charge < -0.3 is 15.2 Å². The average molecular weight is 298 g/mol. The summed E-state index contributed by atoms with van der Waals surface area (Å²) in [7, 11) is 0. The first-order valence-electron chi connectivity index (χ1n) is 7.69. The molecule has 0 radical (unpaired) electrons. The summed E-state index contributed by atoms with van der Waals surface area (Å²) < 4.78 is 5.29. The van der Waals surface area contributed by atoms with Crippen LogP contribution in [0.2, 0.25) is 0 Å². The highest BCUT2D eigenvalue weighted by Crippen LogP contribution is 2.38. The Labute approximate surface area is 128 Å². The molecule has 2 aliphatic rings. The van der Waals surface area contributed by atoms with Crippen molar-refractivity contribution in [2.75, 3.05) is 13.1 Å². The highest BCUT2D eigenvalue weighted by atomic mass is 16.5. The Morgan fingerprint density at radius 1 is 1.23 bits per heavy atom. The molecular weight excluding hydrogens is 280 g/mol. The van der Waals surface area contributed by atoms with E-state index in [1.165, 1.54) is 0 Å². The van der Waals surface area contributed by atoms with Crippen molar-refractivity contribution < 1.29 is 9.32 Å². The highest BCUT2D eigenvalue weighted by molar-refractivity contribution is 5.94. The van der Waals surface area contributed by atoms with Crippen LogP contribution in [0, 0.1) is 0 Å². The van der Waals surface area contributed by atoms with E-state index in [0.29, 0.717) is 23.9 Å². The molecule has 114 valence electrons. The Hall–Kier alpha value is -2.21. The maximum absolute atomic E-state index is 12.4. The minimum Gasteiger partial charge on any atom is -0.337 e. The van der Waals surface area contributed by atoms with Gasteiger partial charge in [0.15, 0.2) is 5.82 Å². The lowest BCUT2D eigenvalue weighted by Gasteiger charge is -2.15. The maximum atomic E-state index is 12.4. The van der Waals surface area contributed by atoms with E-state index in [9.17, 15) is 4.79 Å². The zero-order chi connectivity index (χ0) is 15.1. The summed E-state index contributed by atoms with van der Waals surface area (Å²) in [5.41, 5.74) is 7.36. The van der Waals surface area contributed by atoms with E-state index in [1.54, 1.807) is 4.90 Å². The molecule has 2 heterocycles. The third kappa shape index (κ3) is 2.50. The van der Waals surface area contributed by atoms with Crippen molar-refractivity contribution >= 4 is 5.91 Å². The van der Waals surface area contributed by atoms with E-state index < -0.39 is 0 Å². The van der Waals surface area contributed by atoms with Gasteiger partial charge in [0, 0.05) is 36.2 Å². The van der Waals surface area contributed by atoms with Crippen molar-refractivity contribution in [1.29, 1.82) is 0 Å². The van der Waals surface area contributed by atoms with Gasteiger partial charge in [0.1, 0.15) is 0 Å². The molecule has 1 atom stereocenters. The molecule has 6 heteroatoms. The highest BCUT2D eigenvalue weighted by Gasteiger charge is 2.29. The second-order valence-electron chi connectivity index (χ2n) is 6.11. The van der Waals surface area contributed by atoms with Crippen molar-refractivity contribution in [2.24, 2.45) is 5.73 Å². The van der Waals surface area contributed by atoms with E-state index in [4.69, 9.17) is 10.3 Å². The van der Waals surface area contributed by atoms with Gasteiger partial charge >= 0.3 is 0 Å². The molecule has 1 saturated heterocycles. The lowest BCUT2D eigenvalue weighted by atomic mass is 10.1. The van der Waals surface area contributed by atoms with E-state index in [-0.39, 0.29) is 11.9 Å². The van der Waals surface area contributed by atoms with Gasteiger partial charge in [-0.15, -0.1) is 0 Å². The fourth-order valence-electron chi connectivity index (χ4n) is 2.77. The molecule has 1 aliphatic heterocycles. The summed E-state index contributed by atoms with van der Waals surface area (Å²) in [6.45, 7) is 1.37. The van der Waals surface area contributed by atoms with Crippen LogP contribution in [0.5, 0.6) is 0 Å². The number of benzene rings is 1. The first-order valence-corrected chi connectivity index (χ1v) is 7.69. The maximum Gasteiger partial charge on any atom is 0.257 e. The van der Waals surface area contributed by atoms with E-state index in [1.807, 2.05) is 24.3 Å². The number of hydrogen-bond acceptors (Lipinski definition) is 5. The second-order valence-corrected chi connectivity index (χ2v) is 6.11. The molecule has 0 bridgehead atoms. The number of rotatable bonds is 3. The molecule has 4 rings (SSSR count). The Bertz CT molecular complexity index is 690. The monoisotopic (exact) mass is 298 g/mol. The van der Waals surface area contributed by atoms with Crippen molar-refractivity contribution in [1.82, 2.24) is 15.0 Å². The molecular formula is C16H18N4O2. The minimum atomic E-state index is 0.0312. The standard InChI is InChI=1S/C16H18N4O2/c17-13-7-8-20(9-13)16(21)12-5-3-11(4-6-12)15-18-14(19-22-15)10-1-2-10/h3-6,10,13H,1-2,7-9,17H2/t13-/m0/s1. The predicted molar refractivity (Wildman–Crippen MR) is 80.2 cm³/mol. The van der Waals surface area contributed by atoms with Crippen LogP contribution in [-0.2, 0) is 0 Å². The zero-order valence-electron chi connectivity index (χ0n) is 12.2. The molecule has 22 heavy (non-hydrogen) atoms. The van der Waals surface area contributed by atoms with Gasteiger partial charge in [-0.05, 0) is 43.5 Å². The number of nitrogens with two attached hydrogens (primary N) is 1. The quantitative estimate of drug-likeness (QED) is 0.933. The Balaban J connectivity index is 1.50. The van der Waals surface area contributed by atoms with Crippen LogP contribution in [0.15, 0.2) is 28.8 Å². The summed E-state index contributed by atoms with van der Waals surface area (Å²) in [4.78, 5) is 18.6. The summed E-state index contributed by atoms with van der Waals surface area (Å²) in [5.74, 6) is 1.81. The first-order chi connectivity index (χ1) is 10.7. The van der Waals surface area contributed by atoms with Crippen LogP contribution in [0.25, 0.3) is 11.5 Å². The molecule has 0 spiro atoms. The lowest BCUT2D eigenvalue weighted by molar-refractivity contribution is 0.0791. The van der Waals surface area contributed by atoms with Crippen molar-refractivity contribution in [2.45, 2.75) is 31.2 Å². The Morgan fingerprint density at radius 2 is 2.00 bits per heavy atom. The summed E-state index contributed by atoms with van der Waals surface area (Å²) in [5, 5.41) is 4.01. The first kappa shape index (κ1) is 13.5. The molecule has 1 aromatic heterocycles. The van der Waals surface area contributed by atoms with Gasteiger partial charge in [-0.2, -0.15) is 4.98 Å². The normalized spacial score (nSPS) is 21.3. The van der Waals surface area contributed by atoms with Gasteiger partial charge in [-0.3, -0.25) is 4.79 Å². The Morgan fingerprint density at radius 3 is 2.64 bits per heavy atom. The van der Waals surface area contributed by atoms with Gasteiger partial charge in [0.2, 0.25) is 0 Å². The third-order valence-electron chi connectivity index (χ3n) is 4.27. The van der Waals surface area contributed by atoms with Gasteiger partial charge in [0.25, 0.3) is 11.8 Å². The zero-order valence-corrected chi connectivity index (χ0v) is 12.2. The number of carbonyl (C=O) groups excluding carboxylic acids is 1. The molecule has 1 saturated carbocycles. The topological polar surface area (TPSA) is 85.2 Å². The smallest absolute Gasteiger partial charge is 0.257 e. The van der Waals surface area contributed by atoms with Crippen LogP contribution in [-0.4, -0.2) is 40.1 Å². The van der Waals surface area contributed by atoms with Crippen LogP contribution in [0.1, 0.15) is 41.4 Å². The summed E-state index contributed by atoms with van der Waals surface area (Å²) in [6.07, 6.45) is 3.16. The number of aromatic nitrogens is 2. The fraction of sp³-hybridized carbons (Fsp3) is 0.438. The Kier molecular flexibility index (Phi) is 3.18. The number of carbonyl (C=O) groups is 1. The van der Waals surface area contributed by atoms with Crippen molar-refractivity contribution in [3.63, 3.8) is 0 Å². The number of nitrogens with zero attached hydrogens (tertiary/aromatic N) is 3. The second kappa shape index (κ2) is 5.21. The largest absolute Gasteiger partial charge is 0.337 e. The van der Waals surface area contributed by atoms with Crippen molar-refractivity contribution in [3.05, 3.63) is 35.7 Å². The summed E-state index contributed by atoms with van der Waals surface area (Å²) in [6, 6.07) is 7.42. The number of amides is 1. The van der Waals surface area contributed by atoms with Crippen molar-refractivity contribution in [3.8, 4) is 11.5 Å². The number of hydrogen-bond donors (Lipinski definition) is 1. The van der Waals surface area contributed by atoms with Crippen LogP contribution >= 0.6 is 0 Å². The van der Waals surface area contributed by atoms with E-state index in [0.717, 1.165) is 37.2 Å². The molecule has 2 fully saturated rings. The lowest BCUT2D eigenvalue weighted by Crippen LogP contribution is -2.31. The molecule has 2 aromatic rings. The average Bonchev–Trinajstić information content (AvgIpc) is 3.11. The molecule has 1 aromatic carbocycles. The van der Waals surface area contributed by atoms with Gasteiger partial charge in [-0.25, -0.2) is 0 Å². The molecule has 2 N–H and O–H groups in total. The summed E-state index contributed by atoms with van der Waals surface area (Å²) >= 11 is 0. The van der Waals surface area contributed by atoms with Crippen LogP contribution < -0.4 is 5.73 Å². The number of likely N-dealkylation sites (tertiary alicyclic amines) is 1. The molecule has 1 aliphatic carbocycles. The van der Waals surface area contributed by atoms with Crippen LogP contribution in [0.3, 0.4) is 0 Å². The molecule has 1 amide bonds. The predicted octanol–water partition coefficient (Wildman–Crippen LogP) is 1.79.